The maximum absolute atomic E-state index is 12.1. The summed E-state index contributed by atoms with van der Waals surface area (Å²) in [6.45, 7) is 6.08. The molecule has 0 radical (unpaired) electrons. The molecule has 0 saturated carbocycles. The van der Waals surface area contributed by atoms with Crippen LogP contribution in [0.25, 0.3) is 0 Å². The van der Waals surface area contributed by atoms with E-state index in [9.17, 15) is 4.79 Å². The highest BCUT2D eigenvalue weighted by Gasteiger charge is 2.07. The molecule has 0 spiro atoms. The lowest BCUT2D eigenvalue weighted by Gasteiger charge is -2.16. The van der Waals surface area contributed by atoms with Crippen LogP contribution in [0, 0.1) is 6.92 Å². The van der Waals surface area contributed by atoms with E-state index in [4.69, 9.17) is 0 Å². The molecule has 3 N–H and O–H groups in total. The van der Waals surface area contributed by atoms with Crippen molar-refractivity contribution < 1.29 is 4.79 Å². The first-order valence-corrected chi connectivity index (χ1v) is 8.94. The van der Waals surface area contributed by atoms with Crippen LogP contribution in [0.15, 0.2) is 59.6 Å². The number of aryl methyl sites for hydroxylation is 1. The monoisotopic (exact) mass is 480 g/mol. The summed E-state index contributed by atoms with van der Waals surface area (Å²) < 4.78 is 0. The van der Waals surface area contributed by atoms with Gasteiger partial charge in [0.1, 0.15) is 0 Å². The minimum absolute atomic E-state index is 0. The van der Waals surface area contributed by atoms with E-state index in [0.29, 0.717) is 24.6 Å². The fraction of sp³-hybridized carbons (Fsp3) is 0.333. The van der Waals surface area contributed by atoms with Crippen molar-refractivity contribution in [3.63, 3.8) is 0 Å². The number of guanidine groups is 1. The first-order valence-electron chi connectivity index (χ1n) is 8.94. The molecule has 1 unspecified atom stereocenters. The molecule has 5 nitrogen and oxygen atoms in total. The molecule has 0 fully saturated rings. The van der Waals surface area contributed by atoms with Crippen LogP contribution < -0.4 is 16.0 Å². The van der Waals surface area contributed by atoms with Crippen molar-refractivity contribution in [1.82, 2.24) is 16.0 Å². The second-order valence-electron chi connectivity index (χ2n) is 6.32. The minimum Gasteiger partial charge on any atom is -0.356 e. The lowest BCUT2D eigenvalue weighted by atomic mass is 10.0. The molecule has 0 aliphatic carbocycles. The van der Waals surface area contributed by atoms with Crippen LogP contribution in [0.3, 0.4) is 0 Å². The molecular formula is C21H29IN4O. The van der Waals surface area contributed by atoms with Crippen molar-refractivity contribution in [3.05, 3.63) is 71.3 Å². The summed E-state index contributed by atoms with van der Waals surface area (Å²) in [6.07, 6.45) is 0. The Morgan fingerprint density at radius 3 is 2.37 bits per heavy atom. The fourth-order valence-corrected chi connectivity index (χ4v) is 2.62. The number of rotatable bonds is 7. The minimum atomic E-state index is -0.0591. The van der Waals surface area contributed by atoms with E-state index in [0.717, 1.165) is 18.1 Å². The normalized spacial score (nSPS) is 11.9. The summed E-state index contributed by atoms with van der Waals surface area (Å²) in [5.41, 5.74) is 3.05. The van der Waals surface area contributed by atoms with Gasteiger partial charge in [-0.15, -0.1) is 24.0 Å². The van der Waals surface area contributed by atoms with Gasteiger partial charge in [-0.2, -0.15) is 0 Å². The topological polar surface area (TPSA) is 65.5 Å². The third kappa shape index (κ3) is 7.99. The van der Waals surface area contributed by atoms with Gasteiger partial charge in [0.2, 0.25) is 0 Å². The molecule has 0 bridgehead atoms. The lowest BCUT2D eigenvalue weighted by molar-refractivity contribution is 0.0954. The average molecular weight is 480 g/mol. The summed E-state index contributed by atoms with van der Waals surface area (Å²) in [6, 6.07) is 18.0. The van der Waals surface area contributed by atoms with Crippen molar-refractivity contribution in [3.8, 4) is 0 Å². The summed E-state index contributed by atoms with van der Waals surface area (Å²) >= 11 is 0. The molecule has 146 valence electrons. The molecule has 2 rings (SSSR count). The van der Waals surface area contributed by atoms with E-state index in [1.165, 1.54) is 5.56 Å². The number of hydrogen-bond acceptors (Lipinski definition) is 2. The molecule has 2 aromatic rings. The Bertz CT molecular complexity index is 734. The standard InChI is InChI=1S/C21H28N4O.HI/c1-16-8-7-11-19(14-16)20(26)23-12-13-24-21(22-3)25-15-17(2)18-9-5-4-6-10-18;/h4-11,14,17H,12-13,15H2,1-3H3,(H,23,26)(H2,22,24,25);1H. The Kier molecular flexibility index (Phi) is 10.5. The Morgan fingerprint density at radius 2 is 1.70 bits per heavy atom. The van der Waals surface area contributed by atoms with Crippen molar-refractivity contribution in [2.75, 3.05) is 26.7 Å². The summed E-state index contributed by atoms with van der Waals surface area (Å²) in [5, 5.41) is 9.45. The zero-order valence-electron chi connectivity index (χ0n) is 16.2. The number of nitrogens with zero attached hydrogens (tertiary/aromatic N) is 1. The van der Waals surface area contributed by atoms with Gasteiger partial charge in [-0.3, -0.25) is 9.79 Å². The van der Waals surface area contributed by atoms with Crippen LogP contribution in [-0.4, -0.2) is 38.5 Å². The Balaban J connectivity index is 0.00000364. The first-order chi connectivity index (χ1) is 12.6. The molecule has 0 aliphatic heterocycles. The molecule has 27 heavy (non-hydrogen) atoms. The number of amides is 1. The molecule has 0 saturated heterocycles. The van der Waals surface area contributed by atoms with Crippen molar-refractivity contribution in [2.24, 2.45) is 4.99 Å². The van der Waals surface area contributed by atoms with Gasteiger partial charge in [0.15, 0.2) is 5.96 Å². The van der Waals surface area contributed by atoms with Gasteiger partial charge in [-0.1, -0.05) is 55.0 Å². The Labute approximate surface area is 179 Å². The van der Waals surface area contributed by atoms with Gasteiger partial charge in [0.05, 0.1) is 0 Å². The first kappa shape index (κ1) is 23.0. The highest BCUT2D eigenvalue weighted by molar-refractivity contribution is 14.0. The van der Waals surface area contributed by atoms with Crippen molar-refractivity contribution >= 4 is 35.8 Å². The molecule has 6 heteroatoms. The van der Waals surface area contributed by atoms with E-state index in [1.54, 1.807) is 7.05 Å². The SMILES string of the molecule is CN=C(NCCNC(=O)c1cccc(C)c1)NCC(C)c1ccccc1.I. The van der Waals surface area contributed by atoms with E-state index in [-0.39, 0.29) is 29.9 Å². The predicted molar refractivity (Wildman–Crippen MR) is 123 cm³/mol. The zero-order valence-corrected chi connectivity index (χ0v) is 18.5. The highest BCUT2D eigenvalue weighted by Crippen LogP contribution is 2.12. The Morgan fingerprint density at radius 1 is 1.00 bits per heavy atom. The maximum Gasteiger partial charge on any atom is 0.251 e. The molecule has 2 aromatic carbocycles. The predicted octanol–water partition coefficient (Wildman–Crippen LogP) is 3.31. The number of hydrogen-bond donors (Lipinski definition) is 3. The van der Waals surface area contributed by atoms with Gasteiger partial charge in [-0.05, 0) is 30.5 Å². The lowest BCUT2D eigenvalue weighted by Crippen LogP contribution is -2.42. The van der Waals surface area contributed by atoms with E-state index in [2.05, 4.69) is 52.1 Å². The summed E-state index contributed by atoms with van der Waals surface area (Å²) in [4.78, 5) is 16.3. The largest absolute Gasteiger partial charge is 0.356 e. The number of carbonyl (C=O) groups is 1. The van der Waals surface area contributed by atoms with Crippen LogP contribution in [-0.2, 0) is 0 Å². The summed E-state index contributed by atoms with van der Waals surface area (Å²) in [7, 11) is 1.74. The van der Waals surface area contributed by atoms with Crippen LogP contribution in [0.5, 0.6) is 0 Å². The van der Waals surface area contributed by atoms with Crippen LogP contribution in [0.2, 0.25) is 0 Å². The van der Waals surface area contributed by atoms with E-state index >= 15 is 0 Å². The van der Waals surface area contributed by atoms with Gasteiger partial charge in [0.25, 0.3) is 5.91 Å². The maximum atomic E-state index is 12.1. The van der Waals surface area contributed by atoms with Crippen LogP contribution in [0.1, 0.15) is 34.3 Å². The second-order valence-corrected chi connectivity index (χ2v) is 6.32. The van der Waals surface area contributed by atoms with E-state index < -0.39 is 0 Å². The molecule has 1 amide bonds. The fourth-order valence-electron chi connectivity index (χ4n) is 2.62. The van der Waals surface area contributed by atoms with Crippen LogP contribution >= 0.6 is 24.0 Å². The van der Waals surface area contributed by atoms with Gasteiger partial charge < -0.3 is 16.0 Å². The number of aliphatic imine (C=N–C) groups is 1. The number of benzene rings is 2. The molecule has 1 atom stereocenters. The smallest absolute Gasteiger partial charge is 0.251 e. The van der Waals surface area contributed by atoms with E-state index in [1.807, 2.05) is 37.3 Å². The molecule has 0 aliphatic rings. The van der Waals surface area contributed by atoms with Crippen molar-refractivity contribution in [2.45, 2.75) is 19.8 Å². The average Bonchev–Trinajstić information content (AvgIpc) is 2.67. The molecular weight excluding hydrogens is 451 g/mol. The molecule has 0 aromatic heterocycles. The zero-order chi connectivity index (χ0) is 18.8. The third-order valence-electron chi connectivity index (χ3n) is 4.15. The number of halogens is 1. The second kappa shape index (κ2) is 12.3. The van der Waals surface area contributed by atoms with Gasteiger partial charge in [0, 0.05) is 32.2 Å². The third-order valence-corrected chi connectivity index (χ3v) is 4.15. The number of nitrogens with one attached hydrogen (secondary N) is 3. The van der Waals surface area contributed by atoms with Crippen LogP contribution in [0.4, 0.5) is 0 Å². The van der Waals surface area contributed by atoms with Crippen molar-refractivity contribution in [1.29, 1.82) is 0 Å². The highest BCUT2D eigenvalue weighted by atomic mass is 127. The van der Waals surface area contributed by atoms with Gasteiger partial charge >= 0.3 is 0 Å². The molecule has 0 heterocycles. The quantitative estimate of drug-likeness (QED) is 0.247. The number of carbonyl (C=O) groups excluding carboxylic acids is 1. The van der Waals surface area contributed by atoms with Gasteiger partial charge in [-0.25, -0.2) is 0 Å². The summed E-state index contributed by atoms with van der Waals surface area (Å²) in [5.74, 6) is 1.06. The Hall–Kier alpha value is -2.09.